The van der Waals surface area contributed by atoms with Crippen LogP contribution in [-0.4, -0.2) is 66.8 Å². The van der Waals surface area contributed by atoms with Gasteiger partial charge in [0.05, 0.1) is 12.0 Å². The Morgan fingerprint density at radius 1 is 0.844 bits per heavy atom. The third kappa shape index (κ3) is 15.0. The van der Waals surface area contributed by atoms with Gasteiger partial charge < -0.3 is 30.6 Å². The first-order chi connectivity index (χ1) is 14.7. The van der Waals surface area contributed by atoms with Crippen LogP contribution in [0.3, 0.4) is 0 Å². The predicted octanol–water partition coefficient (Wildman–Crippen LogP) is 2.29. The Hall–Kier alpha value is -3.94. The zero-order valence-corrected chi connectivity index (χ0v) is 16.8. The molecule has 0 bridgehead atoms. The first kappa shape index (κ1) is 30.3. The van der Waals surface area contributed by atoms with E-state index in [2.05, 4.69) is 22.9 Å². The number of aliphatic carboxylic acids is 4. The number of benzene rings is 1. The first-order valence-electron chi connectivity index (χ1n) is 7.91. The van der Waals surface area contributed by atoms with E-state index in [1.54, 1.807) is 30.3 Å². The zero-order chi connectivity index (χ0) is 25.4. The molecule has 1 rings (SSSR count). The van der Waals surface area contributed by atoms with Crippen molar-refractivity contribution >= 4 is 41.6 Å². The summed E-state index contributed by atoms with van der Waals surface area (Å²) < 4.78 is 0. The summed E-state index contributed by atoms with van der Waals surface area (Å²) >= 11 is 5.82. The van der Waals surface area contributed by atoms with Gasteiger partial charge in [-0.1, -0.05) is 55.1 Å². The van der Waals surface area contributed by atoms with E-state index in [4.69, 9.17) is 47.0 Å². The number of alkyl halides is 1. The molecule has 0 heterocycles. The number of carbonyl (C=O) groups is 5. The maximum Gasteiger partial charge on any atom is 0.503 e. The summed E-state index contributed by atoms with van der Waals surface area (Å²) in [5.74, 6) is -5.48. The molecule has 2 atom stereocenters. The normalized spacial score (nSPS) is 11.2. The molecular formula is C18H19ClO13. The van der Waals surface area contributed by atoms with E-state index in [1.807, 2.05) is 0 Å². The molecule has 1 aromatic carbocycles. The highest BCUT2D eigenvalue weighted by Gasteiger charge is 2.29. The molecule has 0 spiro atoms. The lowest BCUT2D eigenvalue weighted by Crippen LogP contribution is -2.29. The van der Waals surface area contributed by atoms with Gasteiger partial charge in [-0.2, -0.15) is 0 Å². The molecule has 6 N–H and O–H groups in total. The zero-order valence-electron chi connectivity index (χ0n) is 16.1. The van der Waals surface area contributed by atoms with Crippen LogP contribution in [0.5, 0.6) is 0 Å². The average Bonchev–Trinajstić information content (AvgIpc) is 2.67. The van der Waals surface area contributed by atoms with Gasteiger partial charge >= 0.3 is 30.0 Å². The van der Waals surface area contributed by atoms with Gasteiger partial charge in [0.25, 0.3) is 0 Å². The summed E-state index contributed by atoms with van der Waals surface area (Å²) in [7, 11) is 0. The summed E-state index contributed by atoms with van der Waals surface area (Å²) in [5.41, 5.74) is -1.49. The minimum atomic E-state index is -1.83. The van der Waals surface area contributed by atoms with Crippen LogP contribution < -0.4 is 0 Å². The van der Waals surface area contributed by atoms with Crippen molar-refractivity contribution < 1.29 is 64.4 Å². The van der Waals surface area contributed by atoms with Gasteiger partial charge in [-0.3, -0.25) is 4.79 Å². The van der Waals surface area contributed by atoms with E-state index in [0.29, 0.717) is 5.56 Å². The lowest BCUT2D eigenvalue weighted by molar-refractivity contribution is -0.325. The van der Waals surface area contributed by atoms with Crippen molar-refractivity contribution in [2.45, 2.75) is 18.1 Å². The van der Waals surface area contributed by atoms with E-state index >= 15 is 0 Å². The maximum atomic E-state index is 10.8. The Labute approximate surface area is 184 Å². The Morgan fingerprint density at radius 2 is 1.31 bits per heavy atom. The molecule has 0 saturated heterocycles. The monoisotopic (exact) mass is 478 g/mol. The van der Waals surface area contributed by atoms with E-state index in [-0.39, 0.29) is 5.57 Å². The fraction of sp³-hybridized carbons (Fsp3) is 0.167. The number of hydrogen-bond acceptors (Lipinski definition) is 7. The molecule has 0 radical (unpaired) electrons. The van der Waals surface area contributed by atoms with Crippen molar-refractivity contribution in [3.05, 3.63) is 60.2 Å². The van der Waals surface area contributed by atoms with E-state index in [9.17, 15) is 19.2 Å². The van der Waals surface area contributed by atoms with Gasteiger partial charge in [0.15, 0.2) is 5.56 Å². The van der Waals surface area contributed by atoms with Crippen LogP contribution in [0.1, 0.15) is 17.5 Å². The quantitative estimate of drug-likeness (QED) is 0.123. The average molecular weight is 479 g/mol. The number of carboxylic acids is 4. The van der Waals surface area contributed by atoms with Crippen molar-refractivity contribution in [2.24, 2.45) is 0 Å². The molecule has 0 aliphatic rings. The lowest BCUT2D eigenvalue weighted by atomic mass is 10.2. The molecular weight excluding hydrogens is 460 g/mol. The fourth-order valence-corrected chi connectivity index (χ4v) is 1.57. The molecule has 13 nitrogen and oxygen atoms in total. The third-order valence-corrected chi connectivity index (χ3v) is 3.11. The molecule has 0 aliphatic heterocycles. The summed E-state index contributed by atoms with van der Waals surface area (Å²) in [6, 6.07) is 8.46. The van der Waals surface area contributed by atoms with Crippen molar-refractivity contribution in [2.75, 3.05) is 0 Å². The van der Waals surface area contributed by atoms with Gasteiger partial charge in [-0.15, -0.1) is 0 Å². The van der Waals surface area contributed by atoms with Crippen LogP contribution >= 0.6 is 11.6 Å². The molecule has 0 aromatic heterocycles. The van der Waals surface area contributed by atoms with E-state index in [1.165, 1.54) is 0 Å². The van der Waals surface area contributed by atoms with Crippen LogP contribution in [-0.2, 0) is 29.0 Å². The van der Waals surface area contributed by atoms with Gasteiger partial charge in [-0.25, -0.2) is 29.0 Å². The molecule has 1 aromatic rings. The third-order valence-electron chi connectivity index (χ3n) is 2.78. The topological polar surface area (TPSA) is 225 Å². The molecule has 0 fully saturated rings. The van der Waals surface area contributed by atoms with Crippen molar-refractivity contribution in [3.8, 4) is 0 Å². The largest absolute Gasteiger partial charge is 0.503 e. The summed E-state index contributed by atoms with van der Waals surface area (Å²) in [6.07, 6.45) is -4.17. The highest BCUT2D eigenvalue weighted by Crippen LogP contribution is 2.23. The minimum absolute atomic E-state index is 0.303. The van der Waals surface area contributed by atoms with Crippen LogP contribution in [0.4, 0.5) is 4.79 Å². The molecule has 0 saturated carbocycles. The minimum Gasteiger partial charge on any atom is -0.481 e. The van der Waals surface area contributed by atoms with Crippen molar-refractivity contribution in [1.29, 1.82) is 0 Å². The smallest absolute Gasteiger partial charge is 0.481 e. The van der Waals surface area contributed by atoms with E-state index in [0.717, 1.165) is 0 Å². The Morgan fingerprint density at radius 3 is 1.62 bits per heavy atom. The second kappa shape index (κ2) is 15.8. The SMILES string of the molecule is C=C(C(=O)O)C(OOC(Cl)c1ccccc1)C(=O)O.C=C(CC(=O)O)C(=O)O.O=C(O)O. The Kier molecular flexibility index (Phi) is 15.0. The number of carboxylic acid groups (broad SMARTS) is 6. The fourth-order valence-electron chi connectivity index (χ4n) is 1.38. The Bertz CT molecular complexity index is 831. The lowest BCUT2D eigenvalue weighted by Gasteiger charge is -2.15. The molecule has 32 heavy (non-hydrogen) atoms. The van der Waals surface area contributed by atoms with Crippen LogP contribution in [0.2, 0.25) is 0 Å². The van der Waals surface area contributed by atoms with Crippen molar-refractivity contribution in [3.63, 3.8) is 0 Å². The van der Waals surface area contributed by atoms with Crippen LogP contribution in [0, 0.1) is 0 Å². The molecule has 0 amide bonds. The Balaban J connectivity index is 0. The second-order valence-corrected chi connectivity index (χ2v) is 5.63. The highest BCUT2D eigenvalue weighted by molar-refractivity contribution is 6.19. The summed E-state index contributed by atoms with van der Waals surface area (Å²) in [4.78, 5) is 58.9. The van der Waals surface area contributed by atoms with E-state index < -0.39 is 53.7 Å². The molecule has 14 heteroatoms. The summed E-state index contributed by atoms with van der Waals surface area (Å²) in [6.45, 7) is 6.11. The highest BCUT2D eigenvalue weighted by atomic mass is 35.5. The second-order valence-electron chi connectivity index (χ2n) is 5.23. The number of hydrogen-bond donors (Lipinski definition) is 6. The number of halogens is 1. The van der Waals surface area contributed by atoms with Gasteiger partial charge in [0, 0.05) is 5.57 Å². The van der Waals surface area contributed by atoms with Crippen LogP contribution in [0.25, 0.3) is 0 Å². The van der Waals surface area contributed by atoms with Gasteiger partial charge in [0.1, 0.15) is 0 Å². The first-order valence-corrected chi connectivity index (χ1v) is 8.35. The standard InChI is InChI=1S/C12H11ClO6.C5H6O4.CH2O3/c1-7(11(14)15)9(12(16)17)18-19-10(13)8-5-3-2-4-6-8;1-3(5(8)9)2-4(6)7;2-1(3)4/h2-6,9-10H,1H2,(H,14,15)(H,16,17);1-2H2,(H,6,7)(H,8,9);(H2,2,3,4). The molecule has 2 unspecified atom stereocenters. The molecule has 0 aliphatic carbocycles. The van der Waals surface area contributed by atoms with Gasteiger partial charge in [-0.05, 0) is 5.56 Å². The predicted molar refractivity (Wildman–Crippen MR) is 105 cm³/mol. The van der Waals surface area contributed by atoms with Crippen molar-refractivity contribution in [1.82, 2.24) is 0 Å². The van der Waals surface area contributed by atoms with Gasteiger partial charge in [0.2, 0.25) is 6.10 Å². The summed E-state index contributed by atoms with van der Waals surface area (Å²) in [5, 5.41) is 47.5. The number of rotatable bonds is 10. The maximum absolute atomic E-state index is 10.8. The molecule has 176 valence electrons. The van der Waals surface area contributed by atoms with Crippen LogP contribution in [0.15, 0.2) is 54.6 Å².